The van der Waals surface area contributed by atoms with Crippen LogP contribution in [0.2, 0.25) is 0 Å². The van der Waals surface area contributed by atoms with Crippen LogP contribution < -0.4 is 5.32 Å². The predicted molar refractivity (Wildman–Crippen MR) is 93.7 cm³/mol. The first-order valence-electron chi connectivity index (χ1n) is 7.83. The van der Waals surface area contributed by atoms with Gasteiger partial charge in [-0.1, -0.05) is 54.3 Å². The Morgan fingerprint density at radius 1 is 1.04 bits per heavy atom. The van der Waals surface area contributed by atoms with Crippen LogP contribution in [0.1, 0.15) is 11.1 Å². The number of halogens is 1. The number of nitrogens with zero attached hydrogens (tertiary/aromatic N) is 1. The van der Waals surface area contributed by atoms with E-state index in [4.69, 9.17) is 0 Å². The molecule has 0 radical (unpaired) electrons. The van der Waals surface area contributed by atoms with Crippen LogP contribution in [0.25, 0.3) is 0 Å². The van der Waals surface area contributed by atoms with Crippen LogP contribution in [-0.4, -0.2) is 30.9 Å². The molecular weight excluding hydrogens is 303 g/mol. The number of amides is 1. The summed E-state index contributed by atoms with van der Waals surface area (Å²) in [6, 6.07) is 16.1. The summed E-state index contributed by atoms with van der Waals surface area (Å²) in [5, 5.41) is 2.74. The summed E-state index contributed by atoms with van der Waals surface area (Å²) < 4.78 is 12.8. The van der Waals surface area contributed by atoms with E-state index in [1.165, 1.54) is 17.7 Å². The van der Waals surface area contributed by atoms with Gasteiger partial charge in [0.25, 0.3) is 0 Å². The predicted octanol–water partition coefficient (Wildman–Crippen LogP) is 2.62. The topological polar surface area (TPSA) is 32.3 Å². The summed E-state index contributed by atoms with van der Waals surface area (Å²) in [5.41, 5.74) is 2.03. The molecule has 0 spiro atoms. The van der Waals surface area contributed by atoms with Crippen molar-refractivity contribution in [1.29, 1.82) is 0 Å². The van der Waals surface area contributed by atoms with E-state index in [9.17, 15) is 9.18 Å². The lowest BCUT2D eigenvalue weighted by Gasteiger charge is -2.12. The van der Waals surface area contributed by atoms with Crippen LogP contribution in [0.4, 0.5) is 4.39 Å². The zero-order valence-electron chi connectivity index (χ0n) is 13.8. The molecular formula is C20H21FN2O. The fourth-order valence-corrected chi connectivity index (χ4v) is 2.20. The largest absolute Gasteiger partial charge is 0.345 e. The molecule has 124 valence electrons. The molecule has 4 heteroatoms. The van der Waals surface area contributed by atoms with E-state index in [1.807, 2.05) is 25.2 Å². The number of benzene rings is 2. The molecule has 2 aromatic carbocycles. The van der Waals surface area contributed by atoms with Crippen molar-refractivity contribution in [2.75, 3.05) is 20.1 Å². The van der Waals surface area contributed by atoms with Crippen LogP contribution in [0.5, 0.6) is 0 Å². The Hall–Kier alpha value is -2.64. The molecule has 3 nitrogen and oxygen atoms in total. The van der Waals surface area contributed by atoms with Crippen LogP contribution in [0.3, 0.4) is 0 Å². The van der Waals surface area contributed by atoms with Crippen molar-refractivity contribution in [2.45, 2.75) is 13.0 Å². The minimum Gasteiger partial charge on any atom is -0.345 e. The summed E-state index contributed by atoms with van der Waals surface area (Å²) in [4.78, 5) is 13.9. The summed E-state index contributed by atoms with van der Waals surface area (Å²) in [7, 11) is 2.01. The number of carbonyl (C=O) groups excluding carboxylic acids is 1. The Morgan fingerprint density at radius 2 is 1.75 bits per heavy atom. The van der Waals surface area contributed by atoms with Crippen LogP contribution >= 0.6 is 0 Å². The van der Waals surface area contributed by atoms with Gasteiger partial charge in [0.2, 0.25) is 5.91 Å². The monoisotopic (exact) mass is 324 g/mol. The van der Waals surface area contributed by atoms with E-state index in [1.54, 1.807) is 12.1 Å². The number of rotatable bonds is 6. The molecule has 0 saturated heterocycles. The van der Waals surface area contributed by atoms with Gasteiger partial charge in [0.05, 0.1) is 19.5 Å². The normalized spacial score (nSPS) is 10.1. The molecule has 0 aliphatic carbocycles. The van der Waals surface area contributed by atoms with Crippen molar-refractivity contribution in [2.24, 2.45) is 0 Å². The summed E-state index contributed by atoms with van der Waals surface area (Å²) in [6.07, 6.45) is 0.232. The van der Waals surface area contributed by atoms with Gasteiger partial charge in [0, 0.05) is 6.54 Å². The smallest absolute Gasteiger partial charge is 0.225 e. The first-order valence-corrected chi connectivity index (χ1v) is 7.83. The molecule has 1 N–H and O–H groups in total. The standard InChI is InChI=1S/C20H21FN2O/c1-23(16-18-7-3-2-4-8-18)14-6-5-13-22-20(24)15-17-9-11-19(21)12-10-17/h2-4,7-12H,13-16H2,1H3,(H,22,24). The average molecular weight is 324 g/mol. The van der Waals surface area contributed by atoms with Gasteiger partial charge >= 0.3 is 0 Å². The van der Waals surface area contributed by atoms with Crippen molar-refractivity contribution < 1.29 is 9.18 Å². The van der Waals surface area contributed by atoms with Gasteiger partial charge in [-0.15, -0.1) is 0 Å². The fraction of sp³-hybridized carbons (Fsp3) is 0.250. The quantitative estimate of drug-likeness (QED) is 0.829. The highest BCUT2D eigenvalue weighted by Crippen LogP contribution is 2.03. The highest BCUT2D eigenvalue weighted by molar-refractivity contribution is 5.78. The first kappa shape index (κ1) is 17.7. The Labute approximate surface area is 142 Å². The molecule has 0 aliphatic rings. The fourth-order valence-electron chi connectivity index (χ4n) is 2.20. The molecule has 0 atom stereocenters. The van der Waals surface area contributed by atoms with Gasteiger partial charge in [-0.05, 0) is 30.3 Å². The number of hydrogen-bond acceptors (Lipinski definition) is 2. The van der Waals surface area contributed by atoms with Crippen molar-refractivity contribution in [3.8, 4) is 11.8 Å². The highest BCUT2D eigenvalue weighted by Gasteiger charge is 2.02. The maximum Gasteiger partial charge on any atom is 0.225 e. The van der Waals surface area contributed by atoms with E-state index in [2.05, 4.69) is 34.2 Å². The first-order chi connectivity index (χ1) is 11.6. The molecule has 1 amide bonds. The minimum absolute atomic E-state index is 0.117. The molecule has 0 heterocycles. The van der Waals surface area contributed by atoms with Crippen LogP contribution in [-0.2, 0) is 17.8 Å². The minimum atomic E-state index is -0.301. The molecule has 0 fully saturated rings. The average Bonchev–Trinajstić information content (AvgIpc) is 2.57. The zero-order chi connectivity index (χ0) is 17.2. The molecule has 24 heavy (non-hydrogen) atoms. The van der Waals surface area contributed by atoms with E-state index in [0.717, 1.165) is 12.1 Å². The zero-order valence-corrected chi connectivity index (χ0v) is 13.8. The third kappa shape index (κ3) is 6.64. The van der Waals surface area contributed by atoms with E-state index < -0.39 is 0 Å². The van der Waals surface area contributed by atoms with E-state index >= 15 is 0 Å². The molecule has 0 bridgehead atoms. The molecule has 2 aromatic rings. The third-order valence-corrected chi connectivity index (χ3v) is 3.42. The Morgan fingerprint density at radius 3 is 2.46 bits per heavy atom. The van der Waals surface area contributed by atoms with Crippen molar-refractivity contribution >= 4 is 5.91 Å². The summed E-state index contributed by atoms with van der Waals surface area (Å²) in [6.45, 7) is 1.80. The van der Waals surface area contributed by atoms with Crippen molar-refractivity contribution in [3.05, 3.63) is 71.5 Å². The van der Waals surface area contributed by atoms with Gasteiger partial charge in [0.1, 0.15) is 5.82 Å². The molecule has 2 rings (SSSR count). The second-order valence-corrected chi connectivity index (χ2v) is 5.59. The number of nitrogens with one attached hydrogen (secondary N) is 1. The lowest BCUT2D eigenvalue weighted by atomic mass is 10.1. The second-order valence-electron chi connectivity index (χ2n) is 5.59. The molecule has 0 aliphatic heterocycles. The van der Waals surface area contributed by atoms with Gasteiger partial charge in [-0.25, -0.2) is 4.39 Å². The molecule has 0 aromatic heterocycles. The molecule has 0 unspecified atom stereocenters. The van der Waals surface area contributed by atoms with E-state index in [0.29, 0.717) is 13.1 Å². The van der Waals surface area contributed by atoms with Gasteiger partial charge in [-0.3, -0.25) is 9.69 Å². The lowest BCUT2D eigenvalue weighted by Crippen LogP contribution is -2.25. The van der Waals surface area contributed by atoms with Crippen molar-refractivity contribution in [3.63, 3.8) is 0 Å². The Bertz CT molecular complexity index is 702. The van der Waals surface area contributed by atoms with E-state index in [-0.39, 0.29) is 18.1 Å². The van der Waals surface area contributed by atoms with Crippen LogP contribution in [0, 0.1) is 17.7 Å². The maximum atomic E-state index is 12.8. The summed E-state index contributed by atoms with van der Waals surface area (Å²) in [5.74, 6) is 5.57. The maximum absolute atomic E-state index is 12.8. The van der Waals surface area contributed by atoms with Crippen molar-refractivity contribution in [1.82, 2.24) is 10.2 Å². The highest BCUT2D eigenvalue weighted by atomic mass is 19.1. The Balaban J connectivity index is 1.66. The lowest BCUT2D eigenvalue weighted by molar-refractivity contribution is -0.120. The number of hydrogen-bond donors (Lipinski definition) is 1. The second kappa shape index (κ2) is 9.49. The molecule has 0 saturated carbocycles. The third-order valence-electron chi connectivity index (χ3n) is 3.42. The van der Waals surface area contributed by atoms with Gasteiger partial charge < -0.3 is 5.32 Å². The van der Waals surface area contributed by atoms with Gasteiger partial charge in [0.15, 0.2) is 0 Å². The Kier molecular flexibility index (Phi) is 7.00. The van der Waals surface area contributed by atoms with Crippen LogP contribution in [0.15, 0.2) is 54.6 Å². The number of carbonyl (C=O) groups is 1. The van der Waals surface area contributed by atoms with Gasteiger partial charge in [-0.2, -0.15) is 0 Å². The SMILES string of the molecule is CN(CC#CCNC(=O)Cc1ccc(F)cc1)Cc1ccccc1. The summed E-state index contributed by atoms with van der Waals surface area (Å²) >= 11 is 0.